The van der Waals surface area contributed by atoms with E-state index in [1.165, 1.54) is 0 Å². The minimum Gasteiger partial charge on any atom is -0.392 e. The maximum Gasteiger partial charge on any atom is 0.332 e. The summed E-state index contributed by atoms with van der Waals surface area (Å²) in [5, 5.41) is 9.05. The van der Waals surface area contributed by atoms with Crippen molar-refractivity contribution < 1.29 is 23.5 Å². The van der Waals surface area contributed by atoms with Crippen molar-refractivity contribution in [1.29, 1.82) is 0 Å². The summed E-state index contributed by atoms with van der Waals surface area (Å²) in [7, 11) is -3.02. The Kier molecular flexibility index (Phi) is 8.04. The molecular weight excluding hydrogens is 279 g/mol. The van der Waals surface area contributed by atoms with Crippen molar-refractivity contribution in [2.75, 3.05) is 26.0 Å². The quantitative estimate of drug-likeness (QED) is 0.532. The van der Waals surface area contributed by atoms with Gasteiger partial charge in [-0.05, 0) is 25.0 Å². The van der Waals surface area contributed by atoms with Crippen molar-refractivity contribution in [3.63, 3.8) is 0 Å². The Bertz CT molecular complexity index is 425. The molecule has 0 saturated heterocycles. The average molecular weight is 302 g/mol. The fourth-order valence-electron chi connectivity index (χ4n) is 1.74. The van der Waals surface area contributed by atoms with Crippen LogP contribution in [-0.4, -0.2) is 31.1 Å². The maximum absolute atomic E-state index is 12.2. The smallest absolute Gasteiger partial charge is 0.332 e. The van der Waals surface area contributed by atoms with E-state index >= 15 is 0 Å². The van der Waals surface area contributed by atoms with Crippen LogP contribution in [0.5, 0.6) is 0 Å². The number of aliphatic hydroxyl groups is 1. The van der Waals surface area contributed by atoms with Crippen LogP contribution < -0.4 is 0 Å². The highest BCUT2D eigenvalue weighted by molar-refractivity contribution is 7.53. The molecule has 114 valence electrons. The molecule has 0 aliphatic carbocycles. The SMILES string of the molecule is CCOP(=O)(CCOCc1cccc(CO)c1)OCC. The van der Waals surface area contributed by atoms with Crippen LogP contribution >= 0.6 is 7.60 Å². The van der Waals surface area contributed by atoms with E-state index in [0.29, 0.717) is 26.4 Å². The first-order valence-electron chi connectivity index (χ1n) is 6.78. The lowest BCUT2D eigenvalue weighted by atomic mass is 10.1. The Morgan fingerprint density at radius 1 is 1.15 bits per heavy atom. The summed E-state index contributed by atoms with van der Waals surface area (Å²) in [5.74, 6) is 0. The molecule has 5 nitrogen and oxygen atoms in total. The van der Waals surface area contributed by atoms with Crippen molar-refractivity contribution in [1.82, 2.24) is 0 Å². The zero-order chi connectivity index (χ0) is 14.8. The van der Waals surface area contributed by atoms with E-state index in [1.807, 2.05) is 24.3 Å². The molecule has 6 heteroatoms. The first-order valence-corrected chi connectivity index (χ1v) is 8.51. The highest BCUT2D eigenvalue weighted by Crippen LogP contribution is 2.47. The van der Waals surface area contributed by atoms with Crippen molar-refractivity contribution in [3.8, 4) is 0 Å². The zero-order valence-corrected chi connectivity index (χ0v) is 13.0. The molecule has 1 N–H and O–H groups in total. The van der Waals surface area contributed by atoms with Gasteiger partial charge in [0.05, 0.1) is 39.2 Å². The van der Waals surface area contributed by atoms with E-state index in [9.17, 15) is 4.57 Å². The summed E-state index contributed by atoms with van der Waals surface area (Å²) in [6.45, 7) is 5.01. The number of benzene rings is 1. The molecule has 0 fully saturated rings. The maximum atomic E-state index is 12.2. The molecule has 0 radical (unpaired) electrons. The molecule has 0 saturated carbocycles. The van der Waals surface area contributed by atoms with Gasteiger partial charge in [0, 0.05) is 0 Å². The van der Waals surface area contributed by atoms with Crippen molar-refractivity contribution in [3.05, 3.63) is 35.4 Å². The molecule has 0 atom stereocenters. The van der Waals surface area contributed by atoms with Gasteiger partial charge in [0.2, 0.25) is 0 Å². The van der Waals surface area contributed by atoms with Crippen LogP contribution in [0.2, 0.25) is 0 Å². The van der Waals surface area contributed by atoms with E-state index < -0.39 is 7.60 Å². The van der Waals surface area contributed by atoms with E-state index in [2.05, 4.69) is 0 Å². The van der Waals surface area contributed by atoms with Gasteiger partial charge < -0.3 is 18.9 Å². The summed E-state index contributed by atoms with van der Waals surface area (Å²) in [6, 6.07) is 7.52. The summed E-state index contributed by atoms with van der Waals surface area (Å²) in [5.41, 5.74) is 1.82. The summed E-state index contributed by atoms with van der Waals surface area (Å²) < 4.78 is 28.0. The van der Waals surface area contributed by atoms with Gasteiger partial charge >= 0.3 is 7.60 Å². The van der Waals surface area contributed by atoms with Crippen LogP contribution in [0.15, 0.2) is 24.3 Å². The second-order valence-corrected chi connectivity index (χ2v) is 6.39. The minimum atomic E-state index is -3.02. The third-order valence-electron chi connectivity index (χ3n) is 2.60. The lowest BCUT2D eigenvalue weighted by Gasteiger charge is -2.16. The Hall–Kier alpha value is -0.710. The first kappa shape index (κ1) is 17.3. The highest BCUT2D eigenvalue weighted by atomic mass is 31.2. The Labute approximate surface area is 120 Å². The van der Waals surface area contributed by atoms with Gasteiger partial charge in [-0.15, -0.1) is 0 Å². The van der Waals surface area contributed by atoms with Crippen LogP contribution in [0, 0.1) is 0 Å². The Morgan fingerprint density at radius 2 is 1.80 bits per heavy atom. The number of hydrogen-bond donors (Lipinski definition) is 1. The predicted molar refractivity (Wildman–Crippen MR) is 77.7 cm³/mol. The second-order valence-electron chi connectivity index (χ2n) is 4.20. The molecule has 1 aromatic rings. The fourth-order valence-corrected chi connectivity index (χ4v) is 3.22. The summed E-state index contributed by atoms with van der Waals surface area (Å²) in [4.78, 5) is 0. The lowest BCUT2D eigenvalue weighted by molar-refractivity contribution is 0.127. The molecule has 0 aromatic heterocycles. The van der Waals surface area contributed by atoms with Crippen molar-refractivity contribution in [2.24, 2.45) is 0 Å². The average Bonchev–Trinajstić information content (AvgIpc) is 2.44. The lowest BCUT2D eigenvalue weighted by Crippen LogP contribution is -2.06. The molecule has 0 aliphatic heterocycles. The number of hydrogen-bond acceptors (Lipinski definition) is 5. The molecule has 0 spiro atoms. The molecule has 20 heavy (non-hydrogen) atoms. The minimum absolute atomic E-state index is 0.0116. The predicted octanol–water partition coefficient (Wildman–Crippen LogP) is 2.96. The van der Waals surface area contributed by atoms with E-state index in [4.69, 9.17) is 18.9 Å². The molecule has 0 amide bonds. The van der Waals surface area contributed by atoms with Crippen LogP contribution in [0.3, 0.4) is 0 Å². The fraction of sp³-hybridized carbons (Fsp3) is 0.571. The van der Waals surface area contributed by atoms with E-state index in [-0.39, 0.29) is 12.8 Å². The third-order valence-corrected chi connectivity index (χ3v) is 4.64. The largest absolute Gasteiger partial charge is 0.392 e. The van der Waals surface area contributed by atoms with Gasteiger partial charge in [-0.1, -0.05) is 24.3 Å². The van der Waals surface area contributed by atoms with Gasteiger partial charge in [-0.25, -0.2) is 0 Å². The highest BCUT2D eigenvalue weighted by Gasteiger charge is 2.22. The summed E-state index contributed by atoms with van der Waals surface area (Å²) in [6.07, 6.45) is 0.244. The van der Waals surface area contributed by atoms with Crippen LogP contribution in [0.1, 0.15) is 25.0 Å². The Balaban J connectivity index is 2.37. The van der Waals surface area contributed by atoms with Crippen molar-refractivity contribution in [2.45, 2.75) is 27.1 Å². The van der Waals surface area contributed by atoms with Gasteiger partial charge in [0.1, 0.15) is 0 Å². The topological polar surface area (TPSA) is 65.0 Å². The van der Waals surface area contributed by atoms with Gasteiger partial charge in [0.25, 0.3) is 0 Å². The second kappa shape index (κ2) is 9.27. The normalized spacial score (nSPS) is 11.8. The van der Waals surface area contributed by atoms with Gasteiger partial charge in [-0.3, -0.25) is 4.57 Å². The zero-order valence-electron chi connectivity index (χ0n) is 12.1. The van der Waals surface area contributed by atoms with Gasteiger partial charge in [0.15, 0.2) is 0 Å². The molecule has 0 bridgehead atoms. The standard InChI is InChI=1S/C14H23O5P/c1-3-18-20(16,19-4-2)9-8-17-12-14-7-5-6-13(10-14)11-15/h5-7,10,15H,3-4,8-9,11-12H2,1-2H3. The molecule has 1 aromatic carbocycles. The summed E-state index contributed by atoms with van der Waals surface area (Å²) >= 11 is 0. The third kappa shape index (κ3) is 6.16. The van der Waals surface area contributed by atoms with Crippen LogP contribution in [0.25, 0.3) is 0 Å². The molecule has 1 rings (SSSR count). The van der Waals surface area contributed by atoms with Gasteiger partial charge in [-0.2, -0.15) is 0 Å². The first-order chi connectivity index (χ1) is 9.63. The molecule has 0 aliphatic rings. The van der Waals surface area contributed by atoms with E-state index in [1.54, 1.807) is 13.8 Å². The monoisotopic (exact) mass is 302 g/mol. The number of ether oxygens (including phenoxy) is 1. The number of aliphatic hydroxyl groups excluding tert-OH is 1. The Morgan fingerprint density at radius 3 is 2.40 bits per heavy atom. The molecule has 0 unspecified atom stereocenters. The van der Waals surface area contributed by atoms with Crippen LogP contribution in [0.4, 0.5) is 0 Å². The molecular formula is C14H23O5P. The van der Waals surface area contributed by atoms with Crippen LogP contribution in [-0.2, 0) is 31.6 Å². The number of rotatable bonds is 10. The molecule has 0 heterocycles. The van der Waals surface area contributed by atoms with Crippen molar-refractivity contribution >= 4 is 7.60 Å². The van der Waals surface area contributed by atoms with E-state index in [0.717, 1.165) is 11.1 Å².